The number of hydrogen-bond donors (Lipinski definition) is 4. The molecule has 16 heavy (non-hydrogen) atoms. The van der Waals surface area contributed by atoms with Gasteiger partial charge in [0.15, 0.2) is 0 Å². The van der Waals surface area contributed by atoms with Crippen LogP contribution in [0.3, 0.4) is 0 Å². The van der Waals surface area contributed by atoms with Crippen LogP contribution in [-0.2, 0) is 14.6 Å². The first-order valence-corrected chi connectivity index (χ1v) is 4.87. The van der Waals surface area contributed by atoms with E-state index >= 15 is 0 Å². The molecule has 4 unspecified atom stereocenters. The summed E-state index contributed by atoms with van der Waals surface area (Å²) < 4.78 is 0. The number of nitrogens with one attached hydrogen (secondary N) is 1. The van der Waals surface area contributed by atoms with E-state index in [1.165, 1.54) is 21.0 Å². The van der Waals surface area contributed by atoms with Gasteiger partial charge in [0.2, 0.25) is 5.91 Å². The van der Waals surface area contributed by atoms with E-state index in [0.29, 0.717) is 0 Å². The zero-order valence-electron chi connectivity index (χ0n) is 9.58. The highest BCUT2D eigenvalue weighted by molar-refractivity contribution is 5.73. The van der Waals surface area contributed by atoms with Gasteiger partial charge in [0.1, 0.15) is 18.3 Å². The molecule has 0 bridgehead atoms. The van der Waals surface area contributed by atoms with Crippen LogP contribution in [-0.4, -0.2) is 59.3 Å². The second-order valence-electron chi connectivity index (χ2n) is 3.45. The highest BCUT2D eigenvalue weighted by Crippen LogP contribution is 2.08. The predicted molar refractivity (Wildman–Crippen MR) is 54.3 cm³/mol. The Morgan fingerprint density at radius 2 is 1.94 bits per heavy atom. The third-order valence-corrected chi connectivity index (χ3v) is 2.07. The quantitative estimate of drug-likeness (QED) is 0.306. The van der Waals surface area contributed by atoms with E-state index < -0.39 is 31.0 Å². The Morgan fingerprint density at radius 3 is 2.31 bits per heavy atom. The van der Waals surface area contributed by atoms with Gasteiger partial charge in [-0.25, -0.2) is 9.78 Å². The average molecular weight is 237 g/mol. The molecule has 0 aliphatic carbocycles. The molecule has 1 amide bonds. The van der Waals surface area contributed by atoms with Crippen LogP contribution in [0.25, 0.3) is 0 Å². The number of rotatable bonds is 7. The SMILES string of the molecule is COOC(CO)C(O)C(O)C(C)NC(C)=O. The highest BCUT2D eigenvalue weighted by Gasteiger charge is 2.31. The Bertz CT molecular complexity index is 212. The molecule has 0 aliphatic rings. The van der Waals surface area contributed by atoms with Gasteiger partial charge in [-0.2, -0.15) is 0 Å². The Balaban J connectivity index is 4.32. The van der Waals surface area contributed by atoms with Crippen molar-refractivity contribution < 1.29 is 29.9 Å². The number of aliphatic hydroxyl groups excluding tert-OH is 3. The van der Waals surface area contributed by atoms with Gasteiger partial charge in [-0.1, -0.05) is 0 Å². The van der Waals surface area contributed by atoms with E-state index in [2.05, 4.69) is 15.1 Å². The van der Waals surface area contributed by atoms with Crippen molar-refractivity contribution in [3.63, 3.8) is 0 Å². The second-order valence-corrected chi connectivity index (χ2v) is 3.45. The summed E-state index contributed by atoms with van der Waals surface area (Å²) in [6, 6.07) is -0.665. The molecule has 7 nitrogen and oxygen atoms in total. The van der Waals surface area contributed by atoms with Crippen molar-refractivity contribution in [2.75, 3.05) is 13.7 Å². The molecule has 0 aromatic carbocycles. The van der Waals surface area contributed by atoms with Crippen molar-refractivity contribution in [2.24, 2.45) is 0 Å². The van der Waals surface area contributed by atoms with Gasteiger partial charge in [0.05, 0.1) is 19.8 Å². The Morgan fingerprint density at radius 1 is 1.38 bits per heavy atom. The first-order chi connectivity index (χ1) is 7.43. The van der Waals surface area contributed by atoms with Crippen LogP contribution in [0.4, 0.5) is 0 Å². The largest absolute Gasteiger partial charge is 0.393 e. The van der Waals surface area contributed by atoms with Crippen LogP contribution < -0.4 is 5.32 Å². The molecule has 0 rings (SSSR count). The topological polar surface area (TPSA) is 108 Å². The normalized spacial score (nSPS) is 18.6. The summed E-state index contributed by atoms with van der Waals surface area (Å²) in [5.74, 6) is -0.327. The Labute approximate surface area is 93.9 Å². The molecule has 0 aromatic rings. The van der Waals surface area contributed by atoms with Crippen molar-refractivity contribution in [1.82, 2.24) is 5.32 Å². The number of hydrogen-bond acceptors (Lipinski definition) is 6. The first kappa shape index (κ1) is 15.3. The van der Waals surface area contributed by atoms with Crippen molar-refractivity contribution in [1.29, 1.82) is 0 Å². The van der Waals surface area contributed by atoms with E-state index in [1.807, 2.05) is 0 Å². The van der Waals surface area contributed by atoms with Crippen LogP contribution >= 0.6 is 0 Å². The second kappa shape index (κ2) is 7.53. The van der Waals surface area contributed by atoms with Gasteiger partial charge in [-0.3, -0.25) is 4.79 Å². The summed E-state index contributed by atoms with van der Waals surface area (Å²) in [6.45, 7) is 2.31. The monoisotopic (exact) mass is 237 g/mol. The van der Waals surface area contributed by atoms with Gasteiger partial charge >= 0.3 is 0 Å². The van der Waals surface area contributed by atoms with Gasteiger partial charge in [0, 0.05) is 6.92 Å². The summed E-state index contributed by atoms with van der Waals surface area (Å²) in [4.78, 5) is 19.6. The molecule has 0 saturated heterocycles. The molecule has 0 aliphatic heterocycles. The summed E-state index contributed by atoms with van der Waals surface area (Å²) in [5, 5.41) is 30.6. The maximum atomic E-state index is 10.7. The summed E-state index contributed by atoms with van der Waals surface area (Å²) in [5.41, 5.74) is 0. The van der Waals surface area contributed by atoms with Crippen molar-refractivity contribution in [2.45, 2.75) is 38.2 Å². The molecule has 96 valence electrons. The minimum atomic E-state index is -1.37. The summed E-state index contributed by atoms with van der Waals surface area (Å²) >= 11 is 0. The van der Waals surface area contributed by atoms with Crippen LogP contribution in [0, 0.1) is 0 Å². The molecule has 0 spiro atoms. The van der Waals surface area contributed by atoms with Crippen LogP contribution in [0.15, 0.2) is 0 Å². The van der Waals surface area contributed by atoms with E-state index in [1.54, 1.807) is 0 Å². The maximum absolute atomic E-state index is 10.7. The lowest BCUT2D eigenvalue weighted by Crippen LogP contribution is -2.51. The standard InChI is InChI=1S/C9H19NO6/c1-5(10-6(2)12)8(13)9(14)7(4-11)16-15-3/h5,7-9,11,13-14H,4H2,1-3H3,(H,10,12). The van der Waals surface area contributed by atoms with Gasteiger partial charge in [-0.05, 0) is 6.92 Å². The molecule has 0 aromatic heterocycles. The fourth-order valence-electron chi connectivity index (χ4n) is 1.24. The first-order valence-electron chi connectivity index (χ1n) is 4.87. The van der Waals surface area contributed by atoms with E-state index in [-0.39, 0.29) is 5.91 Å². The molecule has 4 N–H and O–H groups in total. The third kappa shape index (κ3) is 4.86. The van der Waals surface area contributed by atoms with Crippen LogP contribution in [0.2, 0.25) is 0 Å². The van der Waals surface area contributed by atoms with E-state index in [9.17, 15) is 15.0 Å². The zero-order chi connectivity index (χ0) is 12.7. The summed E-state index contributed by atoms with van der Waals surface area (Å²) in [6.07, 6.45) is -3.71. The maximum Gasteiger partial charge on any atom is 0.217 e. The highest BCUT2D eigenvalue weighted by atomic mass is 17.2. The molecular formula is C9H19NO6. The molecule has 4 atom stereocenters. The van der Waals surface area contributed by atoms with E-state index in [0.717, 1.165) is 0 Å². The molecular weight excluding hydrogens is 218 g/mol. The predicted octanol–water partition coefficient (Wildman–Crippen LogP) is -1.83. The molecule has 0 heterocycles. The Hall–Kier alpha value is -0.730. The fraction of sp³-hybridized carbons (Fsp3) is 0.889. The molecule has 0 saturated carbocycles. The number of aliphatic hydroxyl groups is 3. The lowest BCUT2D eigenvalue weighted by molar-refractivity contribution is -0.331. The van der Waals surface area contributed by atoms with Crippen LogP contribution in [0.5, 0.6) is 0 Å². The van der Waals surface area contributed by atoms with Crippen molar-refractivity contribution in [3.05, 3.63) is 0 Å². The van der Waals surface area contributed by atoms with Gasteiger partial charge in [0.25, 0.3) is 0 Å². The number of carbonyl (C=O) groups excluding carboxylic acids is 1. The van der Waals surface area contributed by atoms with Crippen molar-refractivity contribution >= 4 is 5.91 Å². The van der Waals surface area contributed by atoms with Crippen molar-refractivity contribution in [3.8, 4) is 0 Å². The molecule has 7 heteroatoms. The lowest BCUT2D eigenvalue weighted by atomic mass is 10.0. The fourth-order valence-corrected chi connectivity index (χ4v) is 1.24. The van der Waals surface area contributed by atoms with Crippen LogP contribution in [0.1, 0.15) is 13.8 Å². The Kier molecular flexibility index (Phi) is 7.18. The molecule has 0 fully saturated rings. The smallest absolute Gasteiger partial charge is 0.217 e. The summed E-state index contributed by atoms with van der Waals surface area (Å²) in [7, 11) is 1.22. The van der Waals surface area contributed by atoms with E-state index in [4.69, 9.17) is 5.11 Å². The minimum Gasteiger partial charge on any atom is -0.393 e. The average Bonchev–Trinajstić information content (AvgIpc) is 2.22. The van der Waals surface area contributed by atoms with Gasteiger partial charge < -0.3 is 20.6 Å². The zero-order valence-corrected chi connectivity index (χ0v) is 9.58. The number of carbonyl (C=O) groups is 1. The molecule has 0 radical (unpaired) electrons. The lowest BCUT2D eigenvalue weighted by Gasteiger charge is -2.28. The van der Waals surface area contributed by atoms with Gasteiger partial charge in [-0.15, -0.1) is 0 Å². The minimum absolute atomic E-state index is 0.327. The number of amides is 1. The third-order valence-electron chi connectivity index (χ3n) is 2.07.